The molecule has 17 heavy (non-hydrogen) atoms. The van der Waals surface area contributed by atoms with Crippen LogP contribution < -0.4 is 5.73 Å². The van der Waals surface area contributed by atoms with Crippen LogP contribution in [0.15, 0.2) is 24.4 Å². The van der Waals surface area contributed by atoms with E-state index in [1.165, 1.54) is 12.3 Å². The summed E-state index contributed by atoms with van der Waals surface area (Å²) in [6.45, 7) is 1.79. The van der Waals surface area contributed by atoms with Crippen molar-refractivity contribution in [1.82, 2.24) is 9.97 Å². The minimum atomic E-state index is -0.424. The molecule has 1 heterocycles. The molecule has 2 rings (SSSR count). The van der Waals surface area contributed by atoms with Gasteiger partial charge >= 0.3 is 0 Å². The van der Waals surface area contributed by atoms with Crippen LogP contribution in [0.2, 0.25) is 5.02 Å². The molecular weight excluding hydrogens is 241 g/mol. The molecule has 0 aliphatic rings. The number of rotatable bonds is 2. The van der Waals surface area contributed by atoms with Crippen LogP contribution >= 0.6 is 11.6 Å². The first kappa shape index (κ1) is 11.8. The lowest BCUT2D eigenvalue weighted by Crippen LogP contribution is -2.03. The van der Waals surface area contributed by atoms with Gasteiger partial charge in [0, 0.05) is 6.42 Å². The molecule has 0 saturated heterocycles. The summed E-state index contributed by atoms with van der Waals surface area (Å²) in [6.07, 6.45) is 1.83. The number of aryl methyl sites for hydroxylation is 1. The number of nitrogen functional groups attached to an aromatic ring is 1. The number of benzene rings is 1. The van der Waals surface area contributed by atoms with Crippen molar-refractivity contribution in [3.05, 3.63) is 52.3 Å². The Kier molecular flexibility index (Phi) is 3.24. The van der Waals surface area contributed by atoms with Crippen molar-refractivity contribution in [2.45, 2.75) is 13.3 Å². The van der Waals surface area contributed by atoms with Crippen LogP contribution in [0.3, 0.4) is 0 Å². The normalized spacial score (nSPS) is 10.5. The molecule has 0 radical (unpaired) electrons. The zero-order valence-corrected chi connectivity index (χ0v) is 10.0. The lowest BCUT2D eigenvalue weighted by Gasteiger charge is -2.05. The van der Waals surface area contributed by atoms with E-state index in [0.29, 0.717) is 29.2 Å². The first-order chi connectivity index (χ1) is 8.08. The van der Waals surface area contributed by atoms with Crippen LogP contribution in [0.5, 0.6) is 0 Å². The molecule has 2 aromatic rings. The molecule has 1 aromatic carbocycles. The van der Waals surface area contributed by atoms with E-state index in [2.05, 4.69) is 9.97 Å². The molecule has 0 amide bonds. The zero-order valence-electron chi connectivity index (χ0n) is 9.24. The predicted molar refractivity (Wildman–Crippen MR) is 65.4 cm³/mol. The Morgan fingerprint density at radius 2 is 2.18 bits per heavy atom. The smallest absolute Gasteiger partial charge is 0.145 e. The number of halogens is 2. The molecule has 0 aliphatic heterocycles. The Balaban J connectivity index is 2.31. The Morgan fingerprint density at radius 1 is 1.41 bits per heavy atom. The quantitative estimate of drug-likeness (QED) is 0.893. The number of nitrogens with two attached hydrogens (primary N) is 1. The maximum absolute atomic E-state index is 13.7. The third-order valence-corrected chi connectivity index (χ3v) is 2.74. The first-order valence-electron chi connectivity index (χ1n) is 5.09. The molecule has 0 saturated carbocycles. The Morgan fingerprint density at radius 3 is 2.88 bits per heavy atom. The van der Waals surface area contributed by atoms with Gasteiger partial charge in [-0.1, -0.05) is 23.7 Å². The molecule has 5 heteroatoms. The molecular formula is C12H11ClFN3. The highest BCUT2D eigenvalue weighted by Gasteiger charge is 2.09. The van der Waals surface area contributed by atoms with Crippen LogP contribution in [-0.2, 0) is 6.42 Å². The summed E-state index contributed by atoms with van der Waals surface area (Å²) < 4.78 is 13.7. The number of aromatic nitrogens is 2. The molecule has 0 fully saturated rings. The fraction of sp³-hybridized carbons (Fsp3) is 0.167. The van der Waals surface area contributed by atoms with Crippen molar-refractivity contribution in [3.63, 3.8) is 0 Å². The highest BCUT2D eigenvalue weighted by molar-refractivity contribution is 6.30. The Bertz CT molecular complexity index is 557. The first-order valence-corrected chi connectivity index (χ1v) is 5.46. The van der Waals surface area contributed by atoms with Gasteiger partial charge in [-0.15, -0.1) is 0 Å². The number of hydrogen-bond acceptors (Lipinski definition) is 3. The van der Waals surface area contributed by atoms with Crippen LogP contribution in [0.1, 0.15) is 17.1 Å². The van der Waals surface area contributed by atoms with Crippen LogP contribution in [0, 0.1) is 12.7 Å². The van der Waals surface area contributed by atoms with Crippen molar-refractivity contribution in [2.75, 3.05) is 5.73 Å². The van der Waals surface area contributed by atoms with Gasteiger partial charge in [0.1, 0.15) is 11.6 Å². The van der Waals surface area contributed by atoms with E-state index in [4.69, 9.17) is 17.3 Å². The molecule has 0 bridgehead atoms. The maximum Gasteiger partial charge on any atom is 0.145 e. The monoisotopic (exact) mass is 251 g/mol. The van der Waals surface area contributed by atoms with Gasteiger partial charge in [-0.25, -0.2) is 14.4 Å². The molecule has 88 valence electrons. The molecule has 0 atom stereocenters. The van der Waals surface area contributed by atoms with Crippen LogP contribution in [-0.4, -0.2) is 9.97 Å². The Hall–Kier alpha value is -1.68. The second-order valence-corrected chi connectivity index (χ2v) is 4.12. The lowest BCUT2D eigenvalue weighted by molar-refractivity contribution is 0.612. The maximum atomic E-state index is 13.7. The van der Waals surface area contributed by atoms with E-state index in [0.717, 1.165) is 0 Å². The molecule has 0 aliphatic carbocycles. The Labute approximate surface area is 103 Å². The van der Waals surface area contributed by atoms with E-state index in [9.17, 15) is 4.39 Å². The van der Waals surface area contributed by atoms with Crippen LogP contribution in [0.4, 0.5) is 10.1 Å². The second-order valence-electron chi connectivity index (χ2n) is 3.72. The summed E-state index contributed by atoms with van der Waals surface area (Å²) in [5.74, 6) is 0.102. The van der Waals surface area contributed by atoms with E-state index in [1.807, 2.05) is 0 Å². The average molecular weight is 252 g/mol. The van der Waals surface area contributed by atoms with Crippen molar-refractivity contribution >= 4 is 17.3 Å². The number of nitrogens with zero attached hydrogens (tertiary/aromatic N) is 2. The van der Waals surface area contributed by atoms with Gasteiger partial charge in [-0.2, -0.15) is 0 Å². The van der Waals surface area contributed by atoms with E-state index in [1.54, 1.807) is 19.1 Å². The molecule has 0 unspecified atom stereocenters. The predicted octanol–water partition coefficient (Wildman–Crippen LogP) is 2.75. The number of hydrogen-bond donors (Lipinski definition) is 1. The van der Waals surface area contributed by atoms with Crippen molar-refractivity contribution in [1.29, 1.82) is 0 Å². The standard InChI is InChI=1S/C12H11ClFN3/c1-7-10(15)6-16-11(17-7)5-8-3-2-4-9(13)12(8)14/h2-4,6H,5,15H2,1H3. The summed E-state index contributed by atoms with van der Waals surface area (Å²) in [5, 5.41) is 0.106. The minimum Gasteiger partial charge on any atom is -0.396 e. The fourth-order valence-electron chi connectivity index (χ4n) is 1.46. The third-order valence-electron chi connectivity index (χ3n) is 2.45. The van der Waals surface area contributed by atoms with E-state index < -0.39 is 5.82 Å². The summed E-state index contributed by atoms with van der Waals surface area (Å²) in [7, 11) is 0. The van der Waals surface area contributed by atoms with Crippen LogP contribution in [0.25, 0.3) is 0 Å². The molecule has 2 N–H and O–H groups in total. The van der Waals surface area contributed by atoms with E-state index >= 15 is 0 Å². The van der Waals surface area contributed by atoms with Gasteiger partial charge in [0.05, 0.1) is 22.6 Å². The highest BCUT2D eigenvalue weighted by Crippen LogP contribution is 2.19. The molecule has 0 spiro atoms. The summed E-state index contributed by atoms with van der Waals surface area (Å²) in [4.78, 5) is 8.25. The van der Waals surface area contributed by atoms with Crippen molar-refractivity contribution < 1.29 is 4.39 Å². The minimum absolute atomic E-state index is 0.106. The third kappa shape index (κ3) is 2.53. The van der Waals surface area contributed by atoms with Crippen molar-refractivity contribution in [2.24, 2.45) is 0 Å². The largest absolute Gasteiger partial charge is 0.396 e. The molecule has 1 aromatic heterocycles. The summed E-state index contributed by atoms with van der Waals surface area (Å²) >= 11 is 5.70. The number of anilines is 1. The fourth-order valence-corrected chi connectivity index (χ4v) is 1.66. The van der Waals surface area contributed by atoms with Gasteiger partial charge < -0.3 is 5.73 Å². The van der Waals surface area contributed by atoms with Gasteiger partial charge in [0.15, 0.2) is 0 Å². The highest BCUT2D eigenvalue weighted by atomic mass is 35.5. The van der Waals surface area contributed by atoms with Gasteiger partial charge in [0.2, 0.25) is 0 Å². The lowest BCUT2D eigenvalue weighted by atomic mass is 10.1. The van der Waals surface area contributed by atoms with Gasteiger partial charge in [-0.3, -0.25) is 0 Å². The topological polar surface area (TPSA) is 51.8 Å². The summed E-state index contributed by atoms with van der Waals surface area (Å²) in [6, 6.07) is 4.87. The SMILES string of the molecule is Cc1nc(Cc2cccc(Cl)c2F)ncc1N. The second kappa shape index (κ2) is 4.67. The zero-order chi connectivity index (χ0) is 12.4. The average Bonchev–Trinajstić information content (AvgIpc) is 2.30. The van der Waals surface area contributed by atoms with Gasteiger partial charge in [-0.05, 0) is 18.6 Å². The molecule has 3 nitrogen and oxygen atoms in total. The van der Waals surface area contributed by atoms with Gasteiger partial charge in [0.25, 0.3) is 0 Å². The van der Waals surface area contributed by atoms with Crippen molar-refractivity contribution in [3.8, 4) is 0 Å². The summed E-state index contributed by atoms with van der Waals surface area (Å²) in [5.41, 5.74) is 7.31. The van der Waals surface area contributed by atoms with E-state index in [-0.39, 0.29) is 5.02 Å².